The summed E-state index contributed by atoms with van der Waals surface area (Å²) in [4.78, 5) is 29.6. The number of anilines is 1. The number of rotatable bonds is 9. The molecule has 1 saturated carbocycles. The van der Waals surface area contributed by atoms with E-state index in [1.165, 1.54) is 23.9 Å². The number of aromatic nitrogens is 4. The molecular formula is C29H32N6O4. The Balaban J connectivity index is 1.59. The van der Waals surface area contributed by atoms with Crippen LogP contribution in [0.1, 0.15) is 66.8 Å². The molecule has 4 aromatic rings. The van der Waals surface area contributed by atoms with Gasteiger partial charge in [0.05, 0.1) is 18.6 Å². The Morgan fingerprint density at radius 1 is 1.13 bits per heavy atom. The van der Waals surface area contributed by atoms with Crippen LogP contribution in [0.4, 0.5) is 5.69 Å². The third-order valence-corrected chi connectivity index (χ3v) is 6.97. The zero-order valence-corrected chi connectivity index (χ0v) is 22.1. The van der Waals surface area contributed by atoms with Crippen LogP contribution in [-0.2, 0) is 4.79 Å². The number of nitrogens with zero attached hydrogens (tertiary/aromatic N) is 5. The van der Waals surface area contributed by atoms with Gasteiger partial charge in [-0.05, 0) is 90.7 Å². The minimum absolute atomic E-state index is 0.0703. The molecule has 5 rings (SSSR count). The van der Waals surface area contributed by atoms with Crippen molar-refractivity contribution >= 4 is 17.5 Å². The maximum absolute atomic E-state index is 14.1. The molecule has 10 heteroatoms. The molecule has 10 nitrogen and oxygen atoms in total. The fourth-order valence-electron chi connectivity index (χ4n) is 5.08. The molecule has 1 aliphatic carbocycles. The Kier molecular flexibility index (Phi) is 8.00. The number of carbonyl (C=O) groups excluding carboxylic acids is 2. The summed E-state index contributed by atoms with van der Waals surface area (Å²) in [6.45, 7) is 4.35. The van der Waals surface area contributed by atoms with Crippen molar-refractivity contribution in [3.05, 3.63) is 84.1 Å². The lowest BCUT2D eigenvalue weighted by atomic mass is 9.94. The first-order valence-electron chi connectivity index (χ1n) is 13.3. The van der Waals surface area contributed by atoms with Crippen LogP contribution in [0.5, 0.6) is 5.75 Å². The minimum atomic E-state index is -0.946. The highest BCUT2D eigenvalue weighted by Crippen LogP contribution is 2.33. The quantitative estimate of drug-likeness (QED) is 0.332. The standard InChI is InChI=1S/C29H32N6O4/c1-3-38-24-14-11-21(12-15-24)27(28(36)31-22-8-5-4-6-9-22)35(29(37)26-10-7-17-39-26)23-13-16-25(20(2)18-23)34-19-30-32-33-34/h7,10-19,22,27H,3-6,8-9H2,1-2H3,(H,31,36)/t27-/m1/s1. The molecule has 0 bridgehead atoms. The van der Waals surface area contributed by atoms with Gasteiger partial charge in [-0.2, -0.15) is 0 Å². The van der Waals surface area contributed by atoms with E-state index in [9.17, 15) is 9.59 Å². The van der Waals surface area contributed by atoms with Crippen molar-refractivity contribution in [2.45, 2.75) is 58.0 Å². The number of amides is 2. The van der Waals surface area contributed by atoms with Crippen molar-refractivity contribution < 1.29 is 18.7 Å². The zero-order valence-electron chi connectivity index (χ0n) is 22.1. The summed E-state index contributed by atoms with van der Waals surface area (Å²) in [6.07, 6.45) is 8.13. The molecule has 0 unspecified atom stereocenters. The van der Waals surface area contributed by atoms with Crippen molar-refractivity contribution in [2.75, 3.05) is 11.5 Å². The maximum atomic E-state index is 14.1. The molecule has 1 fully saturated rings. The summed E-state index contributed by atoms with van der Waals surface area (Å²) >= 11 is 0. The van der Waals surface area contributed by atoms with E-state index >= 15 is 0 Å². The van der Waals surface area contributed by atoms with Gasteiger partial charge in [0.2, 0.25) is 5.91 Å². The van der Waals surface area contributed by atoms with Crippen LogP contribution in [0.25, 0.3) is 5.69 Å². The van der Waals surface area contributed by atoms with E-state index in [1.54, 1.807) is 22.9 Å². The van der Waals surface area contributed by atoms with Gasteiger partial charge in [-0.25, -0.2) is 4.68 Å². The molecule has 2 aromatic carbocycles. The average molecular weight is 529 g/mol. The lowest BCUT2D eigenvalue weighted by Gasteiger charge is -2.33. The molecule has 1 atom stereocenters. The van der Waals surface area contributed by atoms with Gasteiger partial charge in [-0.3, -0.25) is 14.5 Å². The molecule has 1 aliphatic rings. The third kappa shape index (κ3) is 5.84. The SMILES string of the molecule is CCOc1ccc([C@H](C(=O)NC2CCCCC2)N(C(=O)c2ccco2)c2ccc(-n3cnnn3)c(C)c2)cc1. The summed E-state index contributed by atoms with van der Waals surface area (Å²) in [7, 11) is 0. The maximum Gasteiger partial charge on any atom is 0.294 e. The summed E-state index contributed by atoms with van der Waals surface area (Å²) in [5.74, 6) is 0.164. The summed E-state index contributed by atoms with van der Waals surface area (Å²) in [5, 5.41) is 14.6. The van der Waals surface area contributed by atoms with Crippen LogP contribution < -0.4 is 15.0 Å². The van der Waals surface area contributed by atoms with Crippen LogP contribution in [0.3, 0.4) is 0 Å². The Morgan fingerprint density at radius 2 is 1.92 bits per heavy atom. The summed E-state index contributed by atoms with van der Waals surface area (Å²) < 4.78 is 12.7. The Bertz CT molecular complexity index is 1380. The fraction of sp³-hybridized carbons (Fsp3) is 0.345. The number of aryl methyl sites for hydroxylation is 1. The van der Waals surface area contributed by atoms with Crippen molar-refractivity contribution in [3.8, 4) is 11.4 Å². The number of tetrazole rings is 1. The van der Waals surface area contributed by atoms with Crippen LogP contribution >= 0.6 is 0 Å². The predicted octanol–water partition coefficient (Wildman–Crippen LogP) is 4.80. The number of hydrogen-bond donors (Lipinski definition) is 1. The van der Waals surface area contributed by atoms with Crippen LogP contribution in [0.2, 0.25) is 0 Å². The van der Waals surface area contributed by atoms with Gasteiger partial charge >= 0.3 is 0 Å². The minimum Gasteiger partial charge on any atom is -0.494 e. The average Bonchev–Trinajstić information content (AvgIpc) is 3.68. The topological polar surface area (TPSA) is 115 Å². The van der Waals surface area contributed by atoms with Gasteiger partial charge < -0.3 is 14.5 Å². The molecule has 0 saturated heterocycles. The zero-order chi connectivity index (χ0) is 27.2. The molecule has 39 heavy (non-hydrogen) atoms. The van der Waals surface area contributed by atoms with E-state index in [4.69, 9.17) is 9.15 Å². The van der Waals surface area contributed by atoms with Crippen molar-refractivity contribution in [1.29, 1.82) is 0 Å². The fourth-order valence-corrected chi connectivity index (χ4v) is 5.08. The Morgan fingerprint density at radius 3 is 2.56 bits per heavy atom. The molecule has 0 radical (unpaired) electrons. The number of hydrogen-bond acceptors (Lipinski definition) is 7. The third-order valence-electron chi connectivity index (χ3n) is 6.97. The summed E-state index contributed by atoms with van der Waals surface area (Å²) in [5.41, 5.74) is 2.80. The van der Waals surface area contributed by atoms with Crippen LogP contribution in [0, 0.1) is 6.92 Å². The molecule has 0 spiro atoms. The number of benzene rings is 2. The molecule has 2 amide bonds. The second-order valence-electron chi connectivity index (χ2n) is 9.63. The van der Waals surface area contributed by atoms with Gasteiger partial charge in [-0.15, -0.1) is 5.10 Å². The number of carbonyl (C=O) groups is 2. The van der Waals surface area contributed by atoms with Crippen molar-refractivity contribution in [3.63, 3.8) is 0 Å². The van der Waals surface area contributed by atoms with E-state index in [0.717, 1.165) is 36.9 Å². The predicted molar refractivity (Wildman–Crippen MR) is 145 cm³/mol. The second-order valence-corrected chi connectivity index (χ2v) is 9.63. The highest BCUT2D eigenvalue weighted by molar-refractivity contribution is 6.08. The number of furan rings is 1. The molecular weight excluding hydrogens is 496 g/mol. The van der Waals surface area contributed by atoms with E-state index in [2.05, 4.69) is 20.8 Å². The monoisotopic (exact) mass is 528 g/mol. The first-order valence-corrected chi connectivity index (χ1v) is 13.3. The Labute approximate surface area is 227 Å². The first kappa shape index (κ1) is 26.1. The molecule has 2 heterocycles. The van der Waals surface area contributed by atoms with Gasteiger partial charge in [0.1, 0.15) is 18.1 Å². The van der Waals surface area contributed by atoms with Crippen LogP contribution in [-0.4, -0.2) is 44.7 Å². The Hall–Kier alpha value is -4.47. The largest absolute Gasteiger partial charge is 0.494 e. The molecule has 0 aliphatic heterocycles. The van der Waals surface area contributed by atoms with Gasteiger partial charge in [0.15, 0.2) is 5.76 Å². The van der Waals surface area contributed by atoms with Gasteiger partial charge in [0.25, 0.3) is 5.91 Å². The molecule has 2 aromatic heterocycles. The van der Waals surface area contributed by atoms with E-state index < -0.39 is 11.9 Å². The lowest BCUT2D eigenvalue weighted by Crippen LogP contribution is -2.47. The normalized spacial score (nSPS) is 14.5. The molecule has 1 N–H and O–H groups in total. The van der Waals surface area contributed by atoms with E-state index in [-0.39, 0.29) is 17.7 Å². The van der Waals surface area contributed by atoms with Gasteiger partial charge in [0, 0.05) is 11.7 Å². The highest BCUT2D eigenvalue weighted by atomic mass is 16.5. The number of nitrogens with one attached hydrogen (secondary N) is 1. The van der Waals surface area contributed by atoms with E-state index in [0.29, 0.717) is 23.6 Å². The highest BCUT2D eigenvalue weighted by Gasteiger charge is 2.36. The summed E-state index contributed by atoms with van der Waals surface area (Å²) in [6, 6.07) is 15.2. The number of ether oxygens (including phenoxy) is 1. The van der Waals surface area contributed by atoms with Crippen molar-refractivity contribution in [2.24, 2.45) is 0 Å². The van der Waals surface area contributed by atoms with Crippen LogP contribution in [0.15, 0.2) is 71.6 Å². The smallest absolute Gasteiger partial charge is 0.294 e. The molecule has 202 valence electrons. The van der Waals surface area contributed by atoms with Crippen molar-refractivity contribution in [1.82, 2.24) is 25.5 Å². The first-order chi connectivity index (χ1) is 19.0. The lowest BCUT2D eigenvalue weighted by molar-refractivity contribution is -0.123. The van der Waals surface area contributed by atoms with E-state index in [1.807, 2.05) is 50.2 Å². The second kappa shape index (κ2) is 11.9. The van der Waals surface area contributed by atoms with Gasteiger partial charge in [-0.1, -0.05) is 31.4 Å².